The smallest absolute Gasteiger partial charge is 0.241 e. The number of ether oxygens (including phenoxy) is 2. The predicted octanol–water partition coefficient (Wildman–Crippen LogP) is 0.795. The monoisotopic (exact) mass is 316 g/mol. The summed E-state index contributed by atoms with van der Waals surface area (Å²) in [6.07, 6.45) is -0.00923. The van der Waals surface area contributed by atoms with Crippen molar-refractivity contribution in [2.45, 2.75) is 18.6 Å². The van der Waals surface area contributed by atoms with Gasteiger partial charge in [0.1, 0.15) is 12.4 Å². The van der Waals surface area contributed by atoms with Crippen molar-refractivity contribution in [3.05, 3.63) is 24.3 Å². The number of β-amino-alcohol motifs (C(OH)–C–C–N with tert-alkyl or cyclic N) is 1. The number of hydrogen-bond acceptors (Lipinski definition) is 5. The molecule has 1 aromatic rings. The van der Waals surface area contributed by atoms with E-state index < -0.39 is 6.10 Å². The van der Waals surface area contributed by atoms with Crippen LogP contribution in [-0.2, 0) is 9.53 Å². The highest BCUT2D eigenvalue weighted by molar-refractivity contribution is 5.95. The van der Waals surface area contributed by atoms with E-state index in [2.05, 4.69) is 10.6 Å². The number of hydrogen-bond donors (Lipinski definition) is 3. The molecule has 0 spiro atoms. The van der Waals surface area contributed by atoms with Crippen LogP contribution in [0.25, 0.3) is 0 Å². The molecule has 7 heteroatoms. The predicted molar refractivity (Wildman–Crippen MR) is 82.1 cm³/mol. The molecule has 0 aliphatic carbocycles. The summed E-state index contributed by atoms with van der Waals surface area (Å²) in [5.74, 6) is 0.537. The number of carbonyl (C=O) groups is 1. The van der Waals surface area contributed by atoms with E-state index in [1.807, 2.05) is 12.1 Å². The van der Waals surface area contributed by atoms with E-state index in [1.165, 1.54) is 0 Å². The zero-order valence-electron chi connectivity index (χ0n) is 11.9. The topological polar surface area (TPSA) is 79.8 Å². The fourth-order valence-electron chi connectivity index (χ4n) is 2.05. The number of halogens is 1. The van der Waals surface area contributed by atoms with E-state index in [4.69, 9.17) is 9.47 Å². The van der Waals surface area contributed by atoms with Gasteiger partial charge in [-0.25, -0.2) is 0 Å². The highest BCUT2D eigenvalue weighted by atomic mass is 35.5. The second kappa shape index (κ2) is 8.84. The molecule has 1 aliphatic rings. The number of methoxy groups -OCH3 is 1. The number of benzene rings is 1. The van der Waals surface area contributed by atoms with Gasteiger partial charge in [-0.15, -0.1) is 12.4 Å². The molecule has 0 bridgehead atoms. The molecule has 0 aromatic heterocycles. The largest absolute Gasteiger partial charge is 0.491 e. The van der Waals surface area contributed by atoms with Crippen LogP contribution in [0.2, 0.25) is 0 Å². The van der Waals surface area contributed by atoms with E-state index in [0.717, 1.165) is 0 Å². The van der Waals surface area contributed by atoms with Crippen LogP contribution >= 0.6 is 12.4 Å². The number of anilines is 1. The summed E-state index contributed by atoms with van der Waals surface area (Å²) in [6, 6.07) is 6.85. The number of aliphatic hydroxyl groups is 1. The maximum Gasteiger partial charge on any atom is 0.241 e. The lowest BCUT2D eigenvalue weighted by Gasteiger charge is -2.12. The highest BCUT2D eigenvalue weighted by Gasteiger charge is 2.27. The molecule has 6 nitrogen and oxygen atoms in total. The Hall–Kier alpha value is -1.34. The number of amides is 1. The molecule has 118 valence electrons. The first kappa shape index (κ1) is 17.7. The van der Waals surface area contributed by atoms with Crippen LogP contribution < -0.4 is 15.4 Å². The standard InChI is InChI=1S/C14H20N2O4.ClH/c1-19-5-6-20-12-4-2-3-10(7-12)16-14(18)13-8-11(17)9-15-13;/h2-4,7,11,13,15,17H,5-6,8-9H2,1H3,(H,16,18);1H. The lowest BCUT2D eigenvalue weighted by Crippen LogP contribution is -2.35. The summed E-state index contributed by atoms with van der Waals surface area (Å²) in [6.45, 7) is 1.43. The second-order valence-corrected chi connectivity index (χ2v) is 4.71. The van der Waals surface area contributed by atoms with E-state index >= 15 is 0 Å². The van der Waals surface area contributed by atoms with Crippen LogP contribution in [0, 0.1) is 0 Å². The Morgan fingerprint density at radius 1 is 1.48 bits per heavy atom. The van der Waals surface area contributed by atoms with Gasteiger partial charge in [0, 0.05) is 25.4 Å². The van der Waals surface area contributed by atoms with Crippen LogP contribution in [0.5, 0.6) is 5.75 Å². The molecule has 1 aliphatic heterocycles. The molecule has 3 N–H and O–H groups in total. The quantitative estimate of drug-likeness (QED) is 0.676. The van der Waals surface area contributed by atoms with E-state index in [9.17, 15) is 9.90 Å². The van der Waals surface area contributed by atoms with Crippen molar-refractivity contribution in [1.82, 2.24) is 5.32 Å². The third-order valence-electron chi connectivity index (χ3n) is 3.08. The number of rotatable bonds is 6. The molecule has 21 heavy (non-hydrogen) atoms. The fraction of sp³-hybridized carbons (Fsp3) is 0.500. The van der Waals surface area contributed by atoms with Crippen LogP contribution in [0.4, 0.5) is 5.69 Å². The minimum absolute atomic E-state index is 0. The molecule has 1 saturated heterocycles. The molecule has 1 fully saturated rings. The Kier molecular flexibility index (Phi) is 7.45. The third-order valence-corrected chi connectivity index (χ3v) is 3.08. The Morgan fingerprint density at radius 2 is 2.29 bits per heavy atom. The van der Waals surface area contributed by atoms with Crippen LogP contribution in [-0.4, -0.2) is 50.0 Å². The van der Waals surface area contributed by atoms with Gasteiger partial charge in [0.15, 0.2) is 0 Å². The van der Waals surface area contributed by atoms with Gasteiger partial charge >= 0.3 is 0 Å². The summed E-state index contributed by atoms with van der Waals surface area (Å²) in [4.78, 5) is 12.0. The first-order valence-corrected chi connectivity index (χ1v) is 6.63. The zero-order valence-corrected chi connectivity index (χ0v) is 12.7. The van der Waals surface area contributed by atoms with Crippen molar-refractivity contribution < 1.29 is 19.4 Å². The SMILES string of the molecule is COCCOc1cccc(NC(=O)C2CC(O)CN2)c1.Cl. The van der Waals surface area contributed by atoms with Crippen LogP contribution in [0.15, 0.2) is 24.3 Å². The summed E-state index contributed by atoms with van der Waals surface area (Å²) >= 11 is 0. The van der Waals surface area contributed by atoms with Gasteiger partial charge in [0.25, 0.3) is 0 Å². The first-order chi connectivity index (χ1) is 9.69. The van der Waals surface area contributed by atoms with E-state index in [1.54, 1.807) is 19.2 Å². The molecule has 2 rings (SSSR count). The minimum Gasteiger partial charge on any atom is -0.491 e. The lowest BCUT2D eigenvalue weighted by molar-refractivity contribution is -0.117. The van der Waals surface area contributed by atoms with E-state index in [-0.39, 0.29) is 24.4 Å². The fourth-order valence-corrected chi connectivity index (χ4v) is 2.05. The van der Waals surface area contributed by atoms with Gasteiger partial charge in [-0.2, -0.15) is 0 Å². The molecule has 0 saturated carbocycles. The van der Waals surface area contributed by atoms with Crippen molar-refractivity contribution in [3.63, 3.8) is 0 Å². The average molecular weight is 317 g/mol. The van der Waals surface area contributed by atoms with Gasteiger partial charge < -0.3 is 25.2 Å². The van der Waals surface area contributed by atoms with Crippen molar-refractivity contribution >= 4 is 24.0 Å². The van der Waals surface area contributed by atoms with Crippen molar-refractivity contribution in [3.8, 4) is 5.75 Å². The Morgan fingerprint density at radius 3 is 2.95 bits per heavy atom. The Labute approximate surface area is 130 Å². The van der Waals surface area contributed by atoms with Crippen LogP contribution in [0.3, 0.4) is 0 Å². The average Bonchev–Trinajstić information content (AvgIpc) is 2.86. The van der Waals surface area contributed by atoms with Gasteiger partial charge in [0.05, 0.1) is 18.8 Å². The molecule has 1 amide bonds. The van der Waals surface area contributed by atoms with Gasteiger partial charge in [-0.05, 0) is 18.6 Å². The molecule has 1 aromatic carbocycles. The lowest BCUT2D eigenvalue weighted by atomic mass is 10.2. The summed E-state index contributed by atoms with van der Waals surface area (Å²) < 4.78 is 10.4. The molecule has 2 unspecified atom stereocenters. The van der Waals surface area contributed by atoms with Gasteiger partial charge in [0.2, 0.25) is 5.91 Å². The normalized spacial score (nSPS) is 20.7. The van der Waals surface area contributed by atoms with Crippen molar-refractivity contribution in [1.29, 1.82) is 0 Å². The molecule has 2 atom stereocenters. The molecule has 1 heterocycles. The van der Waals surface area contributed by atoms with Crippen molar-refractivity contribution in [2.24, 2.45) is 0 Å². The summed E-state index contributed by atoms with van der Waals surface area (Å²) in [7, 11) is 1.61. The molecular formula is C14H21ClN2O4. The maximum absolute atomic E-state index is 12.0. The Bertz CT molecular complexity index is 458. The first-order valence-electron chi connectivity index (χ1n) is 6.63. The van der Waals surface area contributed by atoms with Gasteiger partial charge in [-0.1, -0.05) is 6.07 Å². The molecular weight excluding hydrogens is 296 g/mol. The summed E-state index contributed by atoms with van der Waals surface area (Å²) in [5.41, 5.74) is 0.674. The van der Waals surface area contributed by atoms with Crippen molar-refractivity contribution in [2.75, 3.05) is 32.2 Å². The summed E-state index contributed by atoms with van der Waals surface area (Å²) in [5, 5.41) is 15.2. The number of nitrogens with one attached hydrogen (secondary N) is 2. The molecule has 0 radical (unpaired) electrons. The second-order valence-electron chi connectivity index (χ2n) is 4.71. The minimum atomic E-state index is -0.450. The third kappa shape index (κ3) is 5.51. The maximum atomic E-state index is 12.0. The van der Waals surface area contributed by atoms with Crippen LogP contribution in [0.1, 0.15) is 6.42 Å². The number of carbonyl (C=O) groups excluding carboxylic acids is 1. The van der Waals surface area contributed by atoms with Gasteiger partial charge in [-0.3, -0.25) is 4.79 Å². The number of aliphatic hydroxyl groups excluding tert-OH is 1. The zero-order chi connectivity index (χ0) is 14.4. The Balaban J connectivity index is 0.00000220. The van der Waals surface area contributed by atoms with E-state index in [0.29, 0.717) is 37.6 Å². The highest BCUT2D eigenvalue weighted by Crippen LogP contribution is 2.18.